The minimum absolute atomic E-state index is 0.451. The van der Waals surface area contributed by atoms with Gasteiger partial charge in [-0.05, 0) is 43.3 Å². The first-order chi connectivity index (χ1) is 10.4. The van der Waals surface area contributed by atoms with E-state index in [0.29, 0.717) is 12.2 Å². The highest BCUT2D eigenvalue weighted by Gasteiger charge is 2.29. The largest absolute Gasteiger partial charge is 0.416 e. The highest BCUT2D eigenvalue weighted by Crippen LogP contribution is 2.29. The fourth-order valence-electron chi connectivity index (χ4n) is 2.25. The predicted octanol–water partition coefficient (Wildman–Crippen LogP) is 4.27. The van der Waals surface area contributed by atoms with Gasteiger partial charge in [0.2, 0.25) is 0 Å². The molecule has 0 saturated heterocycles. The van der Waals surface area contributed by atoms with Gasteiger partial charge in [0, 0.05) is 17.6 Å². The molecule has 0 spiro atoms. The van der Waals surface area contributed by atoms with E-state index < -0.39 is 11.7 Å². The Bertz CT molecular complexity index is 788. The first kappa shape index (κ1) is 14.4. The maximum absolute atomic E-state index is 12.5. The van der Waals surface area contributed by atoms with Gasteiger partial charge in [-0.15, -0.1) is 0 Å². The number of rotatable bonds is 3. The Morgan fingerprint density at radius 1 is 1.09 bits per heavy atom. The number of aromatic nitrogens is 2. The molecule has 2 aromatic heterocycles. The van der Waals surface area contributed by atoms with E-state index >= 15 is 0 Å². The molecule has 0 aliphatic heterocycles. The van der Waals surface area contributed by atoms with Crippen molar-refractivity contribution in [1.82, 2.24) is 9.38 Å². The number of fused-ring (bicyclic) bond motifs is 1. The molecule has 1 N–H and O–H groups in total. The van der Waals surface area contributed by atoms with Crippen molar-refractivity contribution in [1.29, 1.82) is 0 Å². The molecule has 0 radical (unpaired) electrons. The van der Waals surface area contributed by atoms with Crippen molar-refractivity contribution in [2.24, 2.45) is 0 Å². The van der Waals surface area contributed by atoms with Crippen molar-refractivity contribution in [2.75, 3.05) is 5.32 Å². The van der Waals surface area contributed by atoms with E-state index in [-0.39, 0.29) is 0 Å². The molecule has 0 saturated carbocycles. The summed E-state index contributed by atoms with van der Waals surface area (Å²) in [6.45, 7) is 2.44. The minimum Gasteiger partial charge on any atom is -0.379 e. The summed E-state index contributed by atoms with van der Waals surface area (Å²) in [5.41, 5.74) is 2.73. The second kappa shape index (κ2) is 5.36. The summed E-state index contributed by atoms with van der Waals surface area (Å²) in [7, 11) is 0. The zero-order chi connectivity index (χ0) is 15.7. The number of nitrogens with one attached hydrogen (secondary N) is 1. The molecule has 0 bridgehead atoms. The second-order valence-corrected chi connectivity index (χ2v) is 5.06. The summed E-state index contributed by atoms with van der Waals surface area (Å²) < 4.78 is 39.5. The molecule has 6 heteroatoms. The smallest absolute Gasteiger partial charge is 0.379 e. The molecular formula is C16H14F3N3. The Kier molecular flexibility index (Phi) is 3.52. The maximum Gasteiger partial charge on any atom is 0.416 e. The van der Waals surface area contributed by atoms with Crippen LogP contribution in [0.15, 0.2) is 48.7 Å². The molecule has 3 nitrogen and oxygen atoms in total. The standard InChI is InChI=1S/C16H14F3N3/c1-11-3-2-4-15-21-14(10-22(11)15)9-20-13-7-5-12(6-8-13)16(17,18)19/h2-8,10,20H,9H2,1H3. The molecule has 3 aromatic rings. The van der Waals surface area contributed by atoms with E-state index in [1.165, 1.54) is 12.1 Å². The molecule has 114 valence electrons. The lowest BCUT2D eigenvalue weighted by atomic mass is 10.2. The van der Waals surface area contributed by atoms with Gasteiger partial charge in [0.05, 0.1) is 17.8 Å². The number of benzene rings is 1. The van der Waals surface area contributed by atoms with Crippen molar-refractivity contribution in [2.45, 2.75) is 19.6 Å². The number of pyridine rings is 1. The molecule has 0 atom stereocenters. The number of anilines is 1. The van der Waals surface area contributed by atoms with Crippen LogP contribution in [-0.2, 0) is 12.7 Å². The normalized spacial score (nSPS) is 11.8. The van der Waals surface area contributed by atoms with Gasteiger partial charge in [0.1, 0.15) is 5.65 Å². The molecule has 22 heavy (non-hydrogen) atoms. The summed E-state index contributed by atoms with van der Waals surface area (Å²) in [5.74, 6) is 0. The highest BCUT2D eigenvalue weighted by atomic mass is 19.4. The third-order valence-corrected chi connectivity index (χ3v) is 3.43. The van der Waals surface area contributed by atoms with Gasteiger partial charge in [-0.25, -0.2) is 4.98 Å². The van der Waals surface area contributed by atoms with Crippen LogP contribution in [-0.4, -0.2) is 9.38 Å². The van der Waals surface area contributed by atoms with E-state index in [0.717, 1.165) is 29.2 Å². The van der Waals surface area contributed by atoms with E-state index in [1.807, 2.05) is 35.7 Å². The van der Waals surface area contributed by atoms with Crippen LogP contribution in [0.2, 0.25) is 0 Å². The Hall–Kier alpha value is -2.50. The van der Waals surface area contributed by atoms with Crippen LogP contribution in [0, 0.1) is 6.92 Å². The summed E-state index contributed by atoms with van der Waals surface area (Å²) in [5, 5.41) is 3.08. The van der Waals surface area contributed by atoms with E-state index in [1.54, 1.807) is 0 Å². The zero-order valence-corrected chi connectivity index (χ0v) is 11.9. The number of hydrogen-bond donors (Lipinski definition) is 1. The van der Waals surface area contributed by atoms with Crippen molar-refractivity contribution < 1.29 is 13.2 Å². The van der Waals surface area contributed by atoms with Crippen molar-refractivity contribution in [3.63, 3.8) is 0 Å². The lowest BCUT2D eigenvalue weighted by Gasteiger charge is -2.08. The number of imidazole rings is 1. The minimum atomic E-state index is -4.31. The van der Waals surface area contributed by atoms with Gasteiger partial charge in [-0.2, -0.15) is 13.2 Å². The number of hydrogen-bond acceptors (Lipinski definition) is 2. The van der Waals surface area contributed by atoms with Gasteiger partial charge < -0.3 is 9.72 Å². The lowest BCUT2D eigenvalue weighted by Crippen LogP contribution is -2.05. The molecular weight excluding hydrogens is 291 g/mol. The number of alkyl halides is 3. The Morgan fingerprint density at radius 3 is 2.45 bits per heavy atom. The molecule has 0 fully saturated rings. The SMILES string of the molecule is Cc1cccc2nc(CNc3ccc(C(F)(F)F)cc3)cn12. The Labute approximate surface area is 125 Å². The predicted molar refractivity (Wildman–Crippen MR) is 78.7 cm³/mol. The second-order valence-electron chi connectivity index (χ2n) is 5.06. The Morgan fingerprint density at radius 2 is 1.82 bits per heavy atom. The molecule has 0 aliphatic carbocycles. The van der Waals surface area contributed by atoms with E-state index in [2.05, 4.69) is 10.3 Å². The van der Waals surface area contributed by atoms with Crippen LogP contribution in [0.25, 0.3) is 5.65 Å². The van der Waals surface area contributed by atoms with Crippen LogP contribution in [0.3, 0.4) is 0 Å². The quantitative estimate of drug-likeness (QED) is 0.783. The number of nitrogens with zero attached hydrogens (tertiary/aromatic N) is 2. The molecule has 0 aliphatic rings. The number of aryl methyl sites for hydroxylation is 1. The molecule has 0 amide bonds. The fourth-order valence-corrected chi connectivity index (χ4v) is 2.25. The third-order valence-electron chi connectivity index (χ3n) is 3.43. The van der Waals surface area contributed by atoms with Crippen molar-refractivity contribution in [3.05, 3.63) is 65.6 Å². The summed E-state index contributed by atoms with van der Waals surface area (Å²) in [6.07, 6.45) is -2.39. The summed E-state index contributed by atoms with van der Waals surface area (Å²) in [4.78, 5) is 4.47. The fraction of sp³-hybridized carbons (Fsp3) is 0.188. The van der Waals surface area contributed by atoms with Gasteiger partial charge >= 0.3 is 6.18 Å². The van der Waals surface area contributed by atoms with Crippen LogP contribution >= 0.6 is 0 Å². The lowest BCUT2D eigenvalue weighted by molar-refractivity contribution is -0.137. The highest BCUT2D eigenvalue weighted by molar-refractivity contribution is 5.46. The van der Waals surface area contributed by atoms with E-state index in [4.69, 9.17) is 0 Å². The average Bonchev–Trinajstić information content (AvgIpc) is 2.89. The van der Waals surface area contributed by atoms with Gasteiger partial charge in [0.15, 0.2) is 0 Å². The molecule has 0 unspecified atom stereocenters. The third kappa shape index (κ3) is 2.90. The van der Waals surface area contributed by atoms with Crippen LogP contribution in [0.5, 0.6) is 0 Å². The van der Waals surface area contributed by atoms with Gasteiger partial charge in [-0.3, -0.25) is 0 Å². The topological polar surface area (TPSA) is 29.3 Å². The number of halogens is 3. The average molecular weight is 305 g/mol. The molecule has 3 rings (SSSR count). The van der Waals surface area contributed by atoms with Crippen molar-refractivity contribution in [3.8, 4) is 0 Å². The monoisotopic (exact) mass is 305 g/mol. The molecule has 1 aromatic carbocycles. The van der Waals surface area contributed by atoms with Crippen molar-refractivity contribution >= 4 is 11.3 Å². The van der Waals surface area contributed by atoms with Crippen LogP contribution in [0.1, 0.15) is 17.0 Å². The maximum atomic E-state index is 12.5. The Balaban J connectivity index is 1.72. The van der Waals surface area contributed by atoms with Gasteiger partial charge in [-0.1, -0.05) is 6.07 Å². The zero-order valence-electron chi connectivity index (χ0n) is 11.9. The van der Waals surface area contributed by atoms with Gasteiger partial charge in [0.25, 0.3) is 0 Å². The van der Waals surface area contributed by atoms with Crippen LogP contribution < -0.4 is 5.32 Å². The van der Waals surface area contributed by atoms with E-state index in [9.17, 15) is 13.2 Å². The summed E-state index contributed by atoms with van der Waals surface area (Å²) >= 11 is 0. The summed E-state index contributed by atoms with van der Waals surface area (Å²) in [6, 6.07) is 10.8. The first-order valence-corrected chi connectivity index (χ1v) is 6.78. The van der Waals surface area contributed by atoms with Crippen LogP contribution in [0.4, 0.5) is 18.9 Å². The molecule has 2 heterocycles. The first-order valence-electron chi connectivity index (χ1n) is 6.78.